The van der Waals surface area contributed by atoms with E-state index in [0.29, 0.717) is 0 Å². The number of aliphatic hydroxyl groups is 2. The first-order valence-electron chi connectivity index (χ1n) is 6.08. The standard InChI is InChI=1S/C5H10O4.C3H6.2C2H4O2.CH2O3/c1-4(7)9-3-5(8)2-6;1-3-2;2*1-2(3)4;2-1(3)4/h5-6,8H,2-3H2,1H3;3H,1H2,2H3;2*1H3,(H,3,4);(H2,2,3,4). The number of carboxylic acids is 2. The molecule has 0 bridgehead atoms. The molecule has 11 heteroatoms. The molecule has 11 nitrogen and oxygen atoms in total. The fourth-order valence-corrected chi connectivity index (χ4v) is 0.266. The number of rotatable bonds is 3. The summed E-state index contributed by atoms with van der Waals surface area (Å²) in [6, 6.07) is 0. The van der Waals surface area contributed by atoms with Crippen LogP contribution in [0.15, 0.2) is 12.7 Å². The lowest BCUT2D eigenvalue weighted by molar-refractivity contribution is -0.144. The lowest BCUT2D eigenvalue weighted by atomic mass is 10.4. The van der Waals surface area contributed by atoms with E-state index in [4.69, 9.17) is 45.0 Å². The third kappa shape index (κ3) is 345. The van der Waals surface area contributed by atoms with Crippen LogP contribution >= 0.6 is 0 Å². The van der Waals surface area contributed by atoms with Gasteiger partial charge in [-0.2, -0.15) is 0 Å². The molecular weight excluding hydrogens is 332 g/mol. The molecule has 0 radical (unpaired) electrons. The van der Waals surface area contributed by atoms with Crippen molar-refractivity contribution in [3.8, 4) is 0 Å². The van der Waals surface area contributed by atoms with Gasteiger partial charge in [0.05, 0.1) is 6.61 Å². The summed E-state index contributed by atoms with van der Waals surface area (Å²) in [6.45, 7) is 8.14. The van der Waals surface area contributed by atoms with Crippen molar-refractivity contribution in [2.45, 2.75) is 33.8 Å². The van der Waals surface area contributed by atoms with Gasteiger partial charge < -0.3 is 35.4 Å². The Bertz CT molecular complexity index is 298. The van der Waals surface area contributed by atoms with Gasteiger partial charge in [-0.1, -0.05) is 6.08 Å². The molecule has 24 heavy (non-hydrogen) atoms. The SMILES string of the molecule is C=CC.CC(=O)O.CC(=O)O.CC(=O)OCC(O)CO.O=C(O)O. The summed E-state index contributed by atoms with van der Waals surface area (Å²) in [5.74, 6) is -2.12. The number of carboxylic acid groups (broad SMARTS) is 4. The van der Waals surface area contributed by atoms with E-state index in [9.17, 15) is 4.79 Å². The molecule has 6 N–H and O–H groups in total. The summed E-state index contributed by atoms with van der Waals surface area (Å²) >= 11 is 0. The van der Waals surface area contributed by atoms with Crippen molar-refractivity contribution in [1.82, 2.24) is 0 Å². The molecule has 0 saturated carbocycles. The second kappa shape index (κ2) is 28.5. The molecule has 0 aromatic rings. The molecule has 0 spiro atoms. The van der Waals surface area contributed by atoms with Gasteiger partial charge in [-0.25, -0.2) is 4.79 Å². The normalized spacial score (nSPS) is 8.42. The average molecular weight is 358 g/mol. The monoisotopic (exact) mass is 358 g/mol. The van der Waals surface area contributed by atoms with Crippen LogP contribution in [0, 0.1) is 0 Å². The van der Waals surface area contributed by atoms with E-state index in [1.54, 1.807) is 6.08 Å². The highest BCUT2D eigenvalue weighted by Crippen LogP contribution is 1.83. The van der Waals surface area contributed by atoms with Crippen LogP contribution in [0.1, 0.15) is 27.7 Å². The highest BCUT2D eigenvalue weighted by atomic mass is 16.6. The third-order valence-electron chi connectivity index (χ3n) is 0.690. The number of allylic oxidation sites excluding steroid dienone is 1. The topological polar surface area (TPSA) is 199 Å². The number of carbonyl (C=O) groups excluding carboxylic acids is 1. The number of carbonyl (C=O) groups is 4. The zero-order valence-corrected chi connectivity index (χ0v) is 14.0. The van der Waals surface area contributed by atoms with E-state index in [1.165, 1.54) is 6.92 Å². The minimum Gasteiger partial charge on any atom is -0.481 e. The molecule has 1 atom stereocenters. The lowest BCUT2D eigenvalue weighted by Gasteiger charge is -2.05. The summed E-state index contributed by atoms with van der Waals surface area (Å²) < 4.78 is 4.35. The predicted molar refractivity (Wildman–Crippen MR) is 82.9 cm³/mol. The minimum atomic E-state index is -1.83. The summed E-state index contributed by atoms with van der Waals surface area (Å²) in [7, 11) is 0. The highest BCUT2D eigenvalue weighted by molar-refractivity contribution is 5.65. The van der Waals surface area contributed by atoms with Crippen LogP contribution in [0.2, 0.25) is 0 Å². The van der Waals surface area contributed by atoms with Crippen molar-refractivity contribution >= 4 is 24.1 Å². The second-order valence-corrected chi connectivity index (χ2v) is 3.37. The molecule has 0 heterocycles. The number of aliphatic hydroxyl groups excluding tert-OH is 2. The fourth-order valence-electron chi connectivity index (χ4n) is 0.266. The molecule has 144 valence electrons. The molecule has 0 aromatic heterocycles. The van der Waals surface area contributed by atoms with Gasteiger partial charge in [-0.05, 0) is 6.92 Å². The molecule has 0 fully saturated rings. The van der Waals surface area contributed by atoms with Crippen LogP contribution in [0.3, 0.4) is 0 Å². The average Bonchev–Trinajstić information content (AvgIpc) is 2.34. The first-order chi connectivity index (χ1) is 10.8. The molecule has 0 saturated heterocycles. The van der Waals surface area contributed by atoms with Crippen LogP contribution in [0.5, 0.6) is 0 Å². The van der Waals surface area contributed by atoms with Gasteiger partial charge in [0.15, 0.2) is 0 Å². The van der Waals surface area contributed by atoms with Crippen molar-refractivity contribution in [3.05, 3.63) is 12.7 Å². The highest BCUT2D eigenvalue weighted by Gasteiger charge is 2.02. The molecule has 0 aliphatic heterocycles. The van der Waals surface area contributed by atoms with Gasteiger partial charge in [0, 0.05) is 20.8 Å². The van der Waals surface area contributed by atoms with Crippen LogP contribution in [-0.4, -0.2) is 74.0 Å². The van der Waals surface area contributed by atoms with Gasteiger partial charge in [-0.3, -0.25) is 14.4 Å². The molecule has 0 aliphatic rings. The van der Waals surface area contributed by atoms with E-state index in [-0.39, 0.29) is 13.2 Å². The zero-order valence-electron chi connectivity index (χ0n) is 14.0. The van der Waals surface area contributed by atoms with Crippen LogP contribution in [0.4, 0.5) is 4.79 Å². The smallest absolute Gasteiger partial charge is 0.481 e. The summed E-state index contributed by atoms with van der Waals surface area (Å²) in [6.07, 6.45) is -1.03. The Balaban J connectivity index is -0.0000000683. The van der Waals surface area contributed by atoms with Crippen molar-refractivity contribution in [3.63, 3.8) is 0 Å². The van der Waals surface area contributed by atoms with E-state index in [1.807, 2.05) is 6.92 Å². The molecular formula is C13H26O11. The maximum Gasteiger partial charge on any atom is 0.503 e. The van der Waals surface area contributed by atoms with E-state index in [0.717, 1.165) is 13.8 Å². The van der Waals surface area contributed by atoms with Crippen molar-refractivity contribution in [2.75, 3.05) is 13.2 Å². The predicted octanol–water partition coefficient (Wildman–Crippen LogP) is 0.499. The summed E-state index contributed by atoms with van der Waals surface area (Å²) in [4.78, 5) is 36.6. The molecule has 0 rings (SSSR count). The Morgan fingerprint density at radius 3 is 1.33 bits per heavy atom. The Morgan fingerprint density at radius 2 is 1.21 bits per heavy atom. The van der Waals surface area contributed by atoms with Crippen molar-refractivity contribution in [2.24, 2.45) is 0 Å². The Morgan fingerprint density at radius 1 is 1.00 bits per heavy atom. The number of aliphatic carboxylic acids is 2. The molecule has 0 aliphatic carbocycles. The quantitative estimate of drug-likeness (QED) is 0.303. The Hall–Kier alpha value is -2.66. The largest absolute Gasteiger partial charge is 0.503 e. The molecule has 0 amide bonds. The van der Waals surface area contributed by atoms with E-state index < -0.39 is 30.2 Å². The van der Waals surface area contributed by atoms with Crippen LogP contribution in [0.25, 0.3) is 0 Å². The Labute approximate surface area is 139 Å². The maximum atomic E-state index is 10.0. The van der Waals surface area contributed by atoms with Gasteiger partial charge in [0.25, 0.3) is 11.9 Å². The van der Waals surface area contributed by atoms with Gasteiger partial charge in [-0.15, -0.1) is 6.58 Å². The maximum absolute atomic E-state index is 10.0. The molecule has 1 unspecified atom stereocenters. The van der Waals surface area contributed by atoms with E-state index in [2.05, 4.69) is 11.3 Å². The summed E-state index contributed by atoms with van der Waals surface area (Å²) in [5, 5.41) is 45.6. The zero-order chi connectivity index (χ0) is 20.7. The van der Waals surface area contributed by atoms with E-state index >= 15 is 0 Å². The van der Waals surface area contributed by atoms with Gasteiger partial charge in [0.2, 0.25) is 0 Å². The minimum absolute atomic E-state index is 0.133. The molecule has 0 aromatic carbocycles. The Kier molecular flexibility index (Phi) is 39.3. The van der Waals surface area contributed by atoms with Crippen LogP contribution in [-0.2, 0) is 19.1 Å². The van der Waals surface area contributed by atoms with Crippen molar-refractivity contribution in [1.29, 1.82) is 0 Å². The van der Waals surface area contributed by atoms with Gasteiger partial charge in [0.1, 0.15) is 12.7 Å². The first-order valence-corrected chi connectivity index (χ1v) is 6.08. The lowest BCUT2D eigenvalue weighted by Crippen LogP contribution is -2.20. The summed E-state index contributed by atoms with van der Waals surface area (Å²) in [5.41, 5.74) is 0. The third-order valence-corrected chi connectivity index (χ3v) is 0.690. The van der Waals surface area contributed by atoms with Crippen LogP contribution < -0.4 is 0 Å². The van der Waals surface area contributed by atoms with Crippen molar-refractivity contribution < 1.29 is 54.6 Å². The van der Waals surface area contributed by atoms with Gasteiger partial charge >= 0.3 is 12.1 Å². The number of ether oxygens (including phenoxy) is 1. The number of esters is 1. The first kappa shape index (κ1) is 33.1. The second-order valence-electron chi connectivity index (χ2n) is 3.37. The number of hydrogen-bond donors (Lipinski definition) is 6. The fraction of sp³-hybridized carbons (Fsp3) is 0.538. The number of hydrogen-bond acceptors (Lipinski definition) is 7.